The molecular formula is C15H17ClF3NO3. The van der Waals surface area contributed by atoms with Gasteiger partial charge in [0.05, 0.1) is 17.2 Å². The molecule has 0 aliphatic rings. The van der Waals surface area contributed by atoms with E-state index in [9.17, 15) is 22.8 Å². The molecular weight excluding hydrogens is 335 g/mol. The number of anilines is 1. The Kier molecular flexibility index (Phi) is 5.69. The van der Waals surface area contributed by atoms with Crippen LogP contribution in [0.25, 0.3) is 0 Å². The first-order chi connectivity index (χ1) is 10.4. The molecule has 0 fully saturated rings. The van der Waals surface area contributed by atoms with Crippen molar-refractivity contribution in [1.29, 1.82) is 0 Å². The van der Waals surface area contributed by atoms with Gasteiger partial charge in [-0.15, -0.1) is 0 Å². The molecule has 1 amide bonds. The molecule has 1 aromatic rings. The highest BCUT2D eigenvalue weighted by molar-refractivity contribution is 6.34. The number of hydrogen-bond acceptors (Lipinski definition) is 3. The van der Waals surface area contributed by atoms with Gasteiger partial charge < -0.3 is 10.1 Å². The van der Waals surface area contributed by atoms with Crippen molar-refractivity contribution >= 4 is 29.2 Å². The maximum absolute atomic E-state index is 12.9. The average Bonchev–Trinajstić information content (AvgIpc) is 2.41. The van der Waals surface area contributed by atoms with E-state index in [0.29, 0.717) is 5.56 Å². The Morgan fingerprint density at radius 2 is 1.83 bits per heavy atom. The first-order valence-electron chi connectivity index (χ1n) is 6.77. The monoisotopic (exact) mass is 351 g/mol. The molecule has 1 aromatic carbocycles. The van der Waals surface area contributed by atoms with Crippen LogP contribution in [0.3, 0.4) is 0 Å². The average molecular weight is 352 g/mol. The number of benzene rings is 1. The third-order valence-corrected chi connectivity index (χ3v) is 3.79. The fourth-order valence-corrected chi connectivity index (χ4v) is 1.80. The predicted octanol–water partition coefficient (Wildman–Crippen LogP) is 4.35. The van der Waals surface area contributed by atoms with E-state index < -0.39 is 23.5 Å². The Morgan fingerprint density at radius 3 is 2.30 bits per heavy atom. The minimum absolute atomic E-state index is 0.0198. The van der Waals surface area contributed by atoms with Crippen molar-refractivity contribution in [2.45, 2.75) is 33.9 Å². The highest BCUT2D eigenvalue weighted by Crippen LogP contribution is 2.38. The van der Waals surface area contributed by atoms with E-state index in [-0.39, 0.29) is 22.9 Å². The number of esters is 1. The molecule has 0 atom stereocenters. The highest BCUT2D eigenvalue weighted by Gasteiger charge is 2.52. The molecule has 0 saturated carbocycles. The predicted molar refractivity (Wildman–Crippen MR) is 80.6 cm³/mol. The molecule has 4 nitrogen and oxygen atoms in total. The Morgan fingerprint density at radius 1 is 1.26 bits per heavy atom. The summed E-state index contributed by atoms with van der Waals surface area (Å²) < 4.78 is 43.5. The molecule has 0 aliphatic heterocycles. The van der Waals surface area contributed by atoms with Crippen LogP contribution in [-0.2, 0) is 9.53 Å². The number of nitrogens with one attached hydrogen (secondary N) is 1. The summed E-state index contributed by atoms with van der Waals surface area (Å²) in [6, 6.07) is 2.58. The summed E-state index contributed by atoms with van der Waals surface area (Å²) >= 11 is 6.00. The van der Waals surface area contributed by atoms with Crippen molar-refractivity contribution in [1.82, 2.24) is 0 Å². The number of hydrogen-bond donors (Lipinski definition) is 1. The molecule has 0 aliphatic carbocycles. The fraction of sp³-hybridized carbons (Fsp3) is 0.467. The van der Waals surface area contributed by atoms with Gasteiger partial charge in [0.15, 0.2) is 0 Å². The molecule has 0 heterocycles. The summed E-state index contributed by atoms with van der Waals surface area (Å²) in [5, 5.41) is 2.29. The molecule has 8 heteroatoms. The van der Waals surface area contributed by atoms with Crippen LogP contribution in [-0.4, -0.2) is 24.7 Å². The molecule has 0 aromatic heterocycles. The maximum atomic E-state index is 12.9. The quantitative estimate of drug-likeness (QED) is 0.820. The smallest absolute Gasteiger partial charge is 0.402 e. The lowest BCUT2D eigenvalue weighted by molar-refractivity contribution is -0.208. The number of amides is 1. The fourth-order valence-electron chi connectivity index (χ4n) is 1.62. The van der Waals surface area contributed by atoms with E-state index in [1.807, 2.05) is 0 Å². The van der Waals surface area contributed by atoms with Crippen LogP contribution in [0.1, 0.15) is 36.7 Å². The second kappa shape index (κ2) is 6.78. The van der Waals surface area contributed by atoms with Crippen LogP contribution in [0.2, 0.25) is 5.02 Å². The minimum Gasteiger partial charge on any atom is -0.462 e. The standard InChI is InChI=1S/C15H17ClF3NO3/c1-5-23-12(21)10-7-9(6-8(2)11(10)16)20-13(22)14(3,4)15(17,18)19/h6-7H,5H2,1-4H3,(H,20,22). The van der Waals surface area contributed by atoms with Crippen LogP contribution in [0, 0.1) is 12.3 Å². The Labute approximate surface area is 137 Å². The van der Waals surface area contributed by atoms with Gasteiger partial charge in [-0.1, -0.05) is 11.6 Å². The van der Waals surface area contributed by atoms with Crippen molar-refractivity contribution in [3.8, 4) is 0 Å². The minimum atomic E-state index is -4.71. The van der Waals surface area contributed by atoms with Crippen LogP contribution in [0.5, 0.6) is 0 Å². The van der Waals surface area contributed by atoms with E-state index in [2.05, 4.69) is 5.32 Å². The van der Waals surface area contributed by atoms with Gasteiger partial charge in [0, 0.05) is 5.69 Å². The first kappa shape index (κ1) is 19.3. The van der Waals surface area contributed by atoms with Gasteiger partial charge in [-0.2, -0.15) is 13.2 Å². The van der Waals surface area contributed by atoms with E-state index in [1.165, 1.54) is 12.1 Å². The summed E-state index contributed by atoms with van der Waals surface area (Å²) in [4.78, 5) is 23.7. The third kappa shape index (κ3) is 4.16. The van der Waals surface area contributed by atoms with Crippen LogP contribution in [0.15, 0.2) is 12.1 Å². The van der Waals surface area contributed by atoms with Crippen LogP contribution < -0.4 is 5.32 Å². The van der Waals surface area contributed by atoms with Gasteiger partial charge in [0.2, 0.25) is 5.91 Å². The van der Waals surface area contributed by atoms with Crippen LogP contribution >= 0.6 is 11.6 Å². The highest BCUT2D eigenvalue weighted by atomic mass is 35.5. The second-order valence-electron chi connectivity index (χ2n) is 5.45. The van der Waals surface area contributed by atoms with E-state index >= 15 is 0 Å². The SMILES string of the molecule is CCOC(=O)c1cc(NC(=O)C(C)(C)C(F)(F)F)cc(C)c1Cl. The number of carbonyl (C=O) groups is 2. The largest absolute Gasteiger partial charge is 0.462 e. The van der Waals surface area contributed by atoms with E-state index in [1.54, 1.807) is 13.8 Å². The number of rotatable bonds is 4. The Hall–Kier alpha value is -1.76. The molecule has 1 N–H and O–H groups in total. The Balaban J connectivity index is 3.16. The maximum Gasteiger partial charge on any atom is 0.402 e. The van der Waals surface area contributed by atoms with Crippen molar-refractivity contribution in [2.24, 2.45) is 5.41 Å². The third-order valence-electron chi connectivity index (χ3n) is 3.28. The summed E-state index contributed by atoms with van der Waals surface area (Å²) in [6.45, 7) is 4.84. The summed E-state index contributed by atoms with van der Waals surface area (Å²) in [5.74, 6) is -1.95. The number of alkyl halides is 3. The molecule has 128 valence electrons. The zero-order chi connectivity index (χ0) is 18.0. The number of ether oxygens (including phenoxy) is 1. The zero-order valence-corrected chi connectivity index (χ0v) is 13.9. The van der Waals surface area contributed by atoms with Gasteiger partial charge in [-0.3, -0.25) is 4.79 Å². The summed E-state index contributed by atoms with van der Waals surface area (Å²) in [5.41, 5.74) is -2.13. The summed E-state index contributed by atoms with van der Waals surface area (Å²) in [6.07, 6.45) is -4.71. The topological polar surface area (TPSA) is 55.4 Å². The normalized spacial score (nSPS) is 12.0. The van der Waals surface area contributed by atoms with Gasteiger partial charge >= 0.3 is 12.1 Å². The number of aryl methyl sites for hydroxylation is 1. The zero-order valence-electron chi connectivity index (χ0n) is 13.1. The molecule has 1 rings (SSSR count). The van der Waals surface area contributed by atoms with E-state index in [0.717, 1.165) is 13.8 Å². The lowest BCUT2D eigenvalue weighted by Crippen LogP contribution is -2.43. The molecule has 0 spiro atoms. The number of halogens is 4. The summed E-state index contributed by atoms with van der Waals surface area (Å²) in [7, 11) is 0. The molecule has 0 unspecified atom stereocenters. The van der Waals surface area contributed by atoms with Crippen LogP contribution in [0.4, 0.5) is 18.9 Å². The number of carbonyl (C=O) groups excluding carboxylic acids is 2. The lowest BCUT2D eigenvalue weighted by atomic mass is 9.91. The van der Waals surface area contributed by atoms with Gasteiger partial charge in [0.25, 0.3) is 0 Å². The second-order valence-corrected chi connectivity index (χ2v) is 5.83. The van der Waals surface area contributed by atoms with E-state index in [4.69, 9.17) is 16.3 Å². The van der Waals surface area contributed by atoms with Crippen molar-refractivity contribution in [3.05, 3.63) is 28.3 Å². The van der Waals surface area contributed by atoms with Gasteiger partial charge in [-0.25, -0.2) is 4.79 Å². The molecule has 23 heavy (non-hydrogen) atoms. The lowest BCUT2D eigenvalue weighted by Gasteiger charge is -2.26. The molecule has 0 saturated heterocycles. The van der Waals surface area contributed by atoms with Crippen molar-refractivity contribution in [2.75, 3.05) is 11.9 Å². The van der Waals surface area contributed by atoms with Gasteiger partial charge in [0.1, 0.15) is 5.41 Å². The van der Waals surface area contributed by atoms with Crippen molar-refractivity contribution < 1.29 is 27.5 Å². The first-order valence-corrected chi connectivity index (χ1v) is 7.15. The van der Waals surface area contributed by atoms with Gasteiger partial charge in [-0.05, 0) is 45.4 Å². The molecule has 0 radical (unpaired) electrons. The molecule has 0 bridgehead atoms. The van der Waals surface area contributed by atoms with Crippen molar-refractivity contribution in [3.63, 3.8) is 0 Å². The Bertz CT molecular complexity index is 627.